The Morgan fingerprint density at radius 2 is 2.21 bits per heavy atom. The lowest BCUT2D eigenvalue weighted by atomic mass is 10.2. The standard InChI is InChI=1S/C16H22N4OS.2ClH/c1-12-10-17-8-9-20(12)11-15(21)18-7-6-16-19-13-4-2-3-5-14(13)22-16;;/h2-5,12,17H,6-11H2,1H3,(H,18,21);2*1H/t12-;;/m0../s1. The van der Waals surface area contributed by atoms with Gasteiger partial charge in [-0.05, 0) is 19.1 Å². The average molecular weight is 391 g/mol. The van der Waals surface area contributed by atoms with Crippen molar-refractivity contribution in [3.63, 3.8) is 0 Å². The largest absolute Gasteiger partial charge is 0.355 e. The Morgan fingerprint density at radius 1 is 1.42 bits per heavy atom. The number of thiazole rings is 1. The molecule has 3 rings (SSSR count). The van der Waals surface area contributed by atoms with Crippen LogP contribution in [0.4, 0.5) is 0 Å². The van der Waals surface area contributed by atoms with E-state index in [0.29, 0.717) is 19.1 Å². The van der Waals surface area contributed by atoms with E-state index < -0.39 is 0 Å². The van der Waals surface area contributed by atoms with Crippen LogP contribution in [0.2, 0.25) is 0 Å². The van der Waals surface area contributed by atoms with Crippen molar-refractivity contribution in [3.05, 3.63) is 29.3 Å². The third-order valence-corrected chi connectivity index (χ3v) is 5.08. The van der Waals surface area contributed by atoms with Crippen LogP contribution in [-0.4, -0.2) is 54.6 Å². The van der Waals surface area contributed by atoms with Crippen molar-refractivity contribution in [3.8, 4) is 0 Å². The van der Waals surface area contributed by atoms with Crippen LogP contribution < -0.4 is 10.6 Å². The first-order chi connectivity index (χ1) is 10.7. The Morgan fingerprint density at radius 3 is 2.96 bits per heavy atom. The van der Waals surface area contributed by atoms with Gasteiger partial charge in [-0.2, -0.15) is 0 Å². The maximum absolute atomic E-state index is 12.0. The first kappa shape index (κ1) is 21.1. The van der Waals surface area contributed by atoms with E-state index in [1.54, 1.807) is 11.3 Å². The summed E-state index contributed by atoms with van der Waals surface area (Å²) in [4.78, 5) is 18.8. The van der Waals surface area contributed by atoms with Crippen molar-refractivity contribution < 1.29 is 4.79 Å². The van der Waals surface area contributed by atoms with Gasteiger partial charge in [0.2, 0.25) is 5.91 Å². The van der Waals surface area contributed by atoms with E-state index in [1.165, 1.54) is 4.70 Å². The van der Waals surface area contributed by atoms with Gasteiger partial charge in [-0.25, -0.2) is 4.98 Å². The van der Waals surface area contributed by atoms with Crippen LogP contribution in [0.15, 0.2) is 24.3 Å². The van der Waals surface area contributed by atoms with Crippen molar-refractivity contribution >= 4 is 52.3 Å². The molecule has 0 radical (unpaired) electrons. The molecule has 1 aliphatic heterocycles. The van der Waals surface area contributed by atoms with Crippen LogP contribution in [0, 0.1) is 0 Å². The first-order valence-electron chi connectivity index (χ1n) is 7.78. The fourth-order valence-corrected chi connectivity index (χ4v) is 3.66. The number of aromatic nitrogens is 1. The van der Waals surface area contributed by atoms with Crippen LogP contribution in [0.3, 0.4) is 0 Å². The Labute approximate surface area is 159 Å². The van der Waals surface area contributed by atoms with Gasteiger partial charge in [0.15, 0.2) is 0 Å². The molecule has 1 aromatic carbocycles. The van der Waals surface area contributed by atoms with Crippen LogP contribution in [0.5, 0.6) is 0 Å². The number of hydrogen-bond donors (Lipinski definition) is 2. The topological polar surface area (TPSA) is 57.3 Å². The molecule has 1 saturated heterocycles. The molecule has 1 fully saturated rings. The molecule has 0 spiro atoms. The van der Waals surface area contributed by atoms with Crippen molar-refractivity contribution in [2.24, 2.45) is 0 Å². The molecule has 8 heteroatoms. The van der Waals surface area contributed by atoms with E-state index in [2.05, 4.69) is 33.5 Å². The highest BCUT2D eigenvalue weighted by Gasteiger charge is 2.19. The lowest BCUT2D eigenvalue weighted by molar-refractivity contribution is -0.122. The van der Waals surface area contributed by atoms with Gasteiger partial charge in [0.1, 0.15) is 0 Å². The molecule has 2 aromatic rings. The van der Waals surface area contributed by atoms with E-state index in [0.717, 1.165) is 36.6 Å². The van der Waals surface area contributed by atoms with Gasteiger partial charge in [-0.3, -0.25) is 9.69 Å². The van der Waals surface area contributed by atoms with E-state index in [4.69, 9.17) is 0 Å². The summed E-state index contributed by atoms with van der Waals surface area (Å²) in [7, 11) is 0. The lowest BCUT2D eigenvalue weighted by Crippen LogP contribution is -2.52. The number of fused-ring (bicyclic) bond motifs is 1. The number of rotatable bonds is 5. The zero-order valence-electron chi connectivity index (χ0n) is 13.7. The highest BCUT2D eigenvalue weighted by molar-refractivity contribution is 7.18. The molecular formula is C16H24Cl2N4OS. The molecule has 0 unspecified atom stereocenters. The minimum atomic E-state index is 0. The summed E-state index contributed by atoms with van der Waals surface area (Å²) in [5, 5.41) is 7.42. The molecule has 2 N–H and O–H groups in total. The number of halogens is 2. The fraction of sp³-hybridized carbons (Fsp3) is 0.500. The molecule has 134 valence electrons. The van der Waals surface area contributed by atoms with Crippen LogP contribution in [-0.2, 0) is 11.2 Å². The number of para-hydroxylation sites is 1. The number of benzene rings is 1. The fourth-order valence-electron chi connectivity index (χ4n) is 2.69. The summed E-state index contributed by atoms with van der Waals surface area (Å²) >= 11 is 1.70. The van der Waals surface area contributed by atoms with Crippen molar-refractivity contribution in [1.29, 1.82) is 0 Å². The van der Waals surface area contributed by atoms with E-state index in [1.807, 2.05) is 18.2 Å². The number of carbonyl (C=O) groups excluding carboxylic acids is 1. The third-order valence-electron chi connectivity index (χ3n) is 3.98. The van der Waals surface area contributed by atoms with Gasteiger partial charge in [0.05, 0.1) is 21.8 Å². The maximum Gasteiger partial charge on any atom is 0.234 e. The minimum absolute atomic E-state index is 0. The summed E-state index contributed by atoms with van der Waals surface area (Å²) in [6.45, 7) is 6.15. The number of carbonyl (C=O) groups is 1. The molecule has 1 aromatic heterocycles. The highest BCUT2D eigenvalue weighted by Crippen LogP contribution is 2.21. The number of nitrogens with one attached hydrogen (secondary N) is 2. The van der Waals surface area contributed by atoms with Gasteiger partial charge in [0, 0.05) is 38.6 Å². The molecule has 5 nitrogen and oxygen atoms in total. The Bertz CT molecular complexity index is 619. The molecule has 2 heterocycles. The van der Waals surface area contributed by atoms with Gasteiger partial charge in [-0.15, -0.1) is 36.2 Å². The molecule has 1 atom stereocenters. The number of piperazine rings is 1. The Hall–Kier alpha value is -0.920. The van der Waals surface area contributed by atoms with E-state index in [-0.39, 0.29) is 30.7 Å². The minimum Gasteiger partial charge on any atom is -0.355 e. The highest BCUT2D eigenvalue weighted by atomic mass is 35.5. The predicted octanol–water partition coefficient (Wildman–Crippen LogP) is 2.09. The van der Waals surface area contributed by atoms with Crippen molar-refractivity contribution in [2.45, 2.75) is 19.4 Å². The van der Waals surface area contributed by atoms with Crippen LogP contribution >= 0.6 is 36.2 Å². The Balaban J connectivity index is 0.00000144. The first-order valence-corrected chi connectivity index (χ1v) is 8.60. The normalized spacial score (nSPS) is 17.8. The van der Waals surface area contributed by atoms with Gasteiger partial charge in [-0.1, -0.05) is 12.1 Å². The maximum atomic E-state index is 12.0. The summed E-state index contributed by atoms with van der Waals surface area (Å²) in [5.74, 6) is 0.106. The van der Waals surface area contributed by atoms with E-state index >= 15 is 0 Å². The molecule has 1 aliphatic rings. The van der Waals surface area contributed by atoms with Crippen LogP contribution in [0.1, 0.15) is 11.9 Å². The quantitative estimate of drug-likeness (QED) is 0.820. The summed E-state index contributed by atoms with van der Waals surface area (Å²) in [6, 6.07) is 8.56. The smallest absolute Gasteiger partial charge is 0.234 e. The number of nitrogens with zero attached hydrogens (tertiary/aromatic N) is 2. The van der Waals surface area contributed by atoms with E-state index in [9.17, 15) is 4.79 Å². The molecule has 0 bridgehead atoms. The zero-order valence-corrected chi connectivity index (χ0v) is 16.1. The van der Waals surface area contributed by atoms with Gasteiger partial charge in [0.25, 0.3) is 0 Å². The zero-order chi connectivity index (χ0) is 15.4. The summed E-state index contributed by atoms with van der Waals surface area (Å²) in [5.41, 5.74) is 1.04. The second kappa shape index (κ2) is 10.2. The van der Waals surface area contributed by atoms with Crippen molar-refractivity contribution in [2.75, 3.05) is 32.7 Å². The van der Waals surface area contributed by atoms with Crippen molar-refractivity contribution in [1.82, 2.24) is 20.5 Å². The summed E-state index contributed by atoms with van der Waals surface area (Å²) < 4.78 is 1.21. The Kier molecular flexibility index (Phi) is 8.94. The monoisotopic (exact) mass is 390 g/mol. The predicted molar refractivity (Wildman–Crippen MR) is 105 cm³/mol. The summed E-state index contributed by atoms with van der Waals surface area (Å²) in [6.07, 6.45) is 0.794. The average Bonchev–Trinajstić information content (AvgIpc) is 2.92. The van der Waals surface area contributed by atoms with Crippen LogP contribution in [0.25, 0.3) is 10.2 Å². The molecule has 0 saturated carbocycles. The number of amides is 1. The van der Waals surface area contributed by atoms with Gasteiger partial charge >= 0.3 is 0 Å². The molecule has 0 aliphatic carbocycles. The second-order valence-electron chi connectivity index (χ2n) is 5.70. The van der Waals surface area contributed by atoms with Gasteiger partial charge < -0.3 is 10.6 Å². The second-order valence-corrected chi connectivity index (χ2v) is 6.81. The SMILES string of the molecule is C[C@H]1CNCCN1CC(=O)NCCc1nc2ccccc2s1.Cl.Cl. The molecule has 24 heavy (non-hydrogen) atoms. The molecular weight excluding hydrogens is 367 g/mol. The third kappa shape index (κ3) is 5.57. The lowest BCUT2D eigenvalue weighted by Gasteiger charge is -2.33. The number of hydrogen-bond acceptors (Lipinski definition) is 5. The molecule has 1 amide bonds.